The van der Waals surface area contributed by atoms with Gasteiger partial charge in [-0.3, -0.25) is 4.79 Å². The molecule has 2 N–H and O–H groups in total. The van der Waals surface area contributed by atoms with Gasteiger partial charge in [-0.2, -0.15) is 0 Å². The first-order chi connectivity index (χ1) is 35.2. The van der Waals surface area contributed by atoms with E-state index in [4.69, 9.17) is 46.4 Å². The Bertz CT molecular complexity index is 2060. The van der Waals surface area contributed by atoms with Crippen LogP contribution in [0.3, 0.4) is 0 Å². The van der Waals surface area contributed by atoms with E-state index in [0.717, 1.165) is 36.8 Å². The molecule has 0 aliphatic carbocycles. The van der Waals surface area contributed by atoms with E-state index in [9.17, 15) is 14.7 Å². The zero-order valence-corrected chi connectivity index (χ0v) is 53.0. The molecule has 14 nitrogen and oxygen atoms in total. The molecule has 434 valence electrons. The van der Waals surface area contributed by atoms with Crippen LogP contribution in [0.5, 0.6) is 0 Å². The summed E-state index contributed by atoms with van der Waals surface area (Å²) in [6.07, 6.45) is 4.23. The first kappa shape index (κ1) is 62.0. The number of ketones is 1. The fourth-order valence-corrected chi connectivity index (χ4v) is 15.7. The van der Waals surface area contributed by atoms with Crippen LogP contribution in [0.4, 0.5) is 4.79 Å². The highest BCUT2D eigenvalue weighted by atomic mass is 28.4. The molecule has 9 rings (SSSR count). The number of fused-ring (bicyclic) bond motifs is 2. The number of carbonyl (C=O) groups is 2. The van der Waals surface area contributed by atoms with Gasteiger partial charge in [-0.1, -0.05) is 94.5 Å². The number of alkyl carbamates (subject to hydrolysis) is 1. The average molecular weight is 1120 g/mol. The van der Waals surface area contributed by atoms with Gasteiger partial charge in [0.1, 0.15) is 36.3 Å². The number of nitrogens with one attached hydrogen (secondary N) is 1. The lowest BCUT2D eigenvalue weighted by Gasteiger charge is -2.56. The van der Waals surface area contributed by atoms with E-state index in [0.29, 0.717) is 45.1 Å². The molecular formula is C59H103NO13Si3. The van der Waals surface area contributed by atoms with Gasteiger partial charge < -0.3 is 56.9 Å². The Hall–Kier alpha value is -1.59. The highest BCUT2D eigenvalue weighted by molar-refractivity contribution is 6.75. The first-order valence-corrected chi connectivity index (χ1v) is 37.9. The summed E-state index contributed by atoms with van der Waals surface area (Å²) < 4.78 is 70.2. The van der Waals surface area contributed by atoms with Gasteiger partial charge in [0.05, 0.1) is 73.7 Å². The highest BCUT2D eigenvalue weighted by Crippen LogP contribution is 2.48. The quantitative estimate of drug-likeness (QED) is 0.166. The number of aliphatic hydroxyl groups excluding tert-OH is 1. The Morgan fingerprint density at radius 2 is 1.22 bits per heavy atom. The molecule has 0 spiro atoms. The minimum Gasteiger partial charge on any atom is -0.444 e. The number of ether oxygens (including phenoxy) is 7. The van der Waals surface area contributed by atoms with Crippen molar-refractivity contribution in [1.29, 1.82) is 0 Å². The van der Waals surface area contributed by atoms with Crippen LogP contribution in [0.15, 0.2) is 36.5 Å². The third-order valence-corrected chi connectivity index (χ3v) is 33.1. The molecule has 76 heavy (non-hydrogen) atoms. The summed E-state index contributed by atoms with van der Waals surface area (Å²) in [4.78, 5) is 27.0. The van der Waals surface area contributed by atoms with Gasteiger partial charge in [0, 0.05) is 38.7 Å². The molecule has 5 unspecified atom stereocenters. The van der Waals surface area contributed by atoms with Gasteiger partial charge >= 0.3 is 6.09 Å². The van der Waals surface area contributed by atoms with Gasteiger partial charge in [-0.05, 0) is 123 Å². The van der Waals surface area contributed by atoms with Crippen LogP contribution in [0.2, 0.25) is 54.4 Å². The number of hydrogen-bond acceptors (Lipinski definition) is 13. The molecule has 9 aliphatic heterocycles. The van der Waals surface area contributed by atoms with Crippen LogP contribution in [-0.2, 0) is 51.2 Å². The van der Waals surface area contributed by atoms with E-state index in [1.807, 2.05) is 6.08 Å². The van der Waals surface area contributed by atoms with Gasteiger partial charge in [0.25, 0.3) is 0 Å². The fourth-order valence-electron chi connectivity index (χ4n) is 11.8. The molecule has 6 fully saturated rings. The molecule has 18 atom stereocenters. The summed E-state index contributed by atoms with van der Waals surface area (Å²) in [5.41, 5.74) is 2.11. The summed E-state index contributed by atoms with van der Waals surface area (Å²) in [5, 5.41) is 14.2. The topological polar surface area (TPSA) is 159 Å². The number of Topliss-reactive ketones (excluding diaryl/α,β-unsaturated/α-hetero) is 1. The van der Waals surface area contributed by atoms with Crippen molar-refractivity contribution in [1.82, 2.24) is 5.32 Å². The largest absolute Gasteiger partial charge is 0.444 e. The second kappa shape index (κ2) is 24.1. The molecular weight excluding hydrogens is 1010 g/mol. The van der Waals surface area contributed by atoms with E-state index in [2.05, 4.69) is 133 Å². The normalized spacial score (nSPS) is 39.5. The van der Waals surface area contributed by atoms with E-state index >= 15 is 0 Å². The van der Waals surface area contributed by atoms with Crippen molar-refractivity contribution < 1.29 is 61.1 Å². The van der Waals surface area contributed by atoms with E-state index in [-0.39, 0.29) is 94.4 Å². The van der Waals surface area contributed by atoms with E-state index in [1.54, 1.807) is 7.11 Å². The summed E-state index contributed by atoms with van der Waals surface area (Å²) >= 11 is 0. The zero-order valence-electron chi connectivity index (χ0n) is 50.0. The molecule has 9 heterocycles. The Balaban J connectivity index is 1.28. The van der Waals surface area contributed by atoms with Crippen molar-refractivity contribution >= 4 is 36.8 Å². The monoisotopic (exact) mass is 1120 g/mol. The molecule has 0 radical (unpaired) electrons. The number of methoxy groups -OCH3 is 1. The van der Waals surface area contributed by atoms with Crippen LogP contribution in [0.25, 0.3) is 0 Å². The van der Waals surface area contributed by atoms with E-state index < -0.39 is 79.9 Å². The molecule has 0 aromatic rings. The third kappa shape index (κ3) is 14.5. The highest BCUT2D eigenvalue weighted by Gasteiger charge is 2.58. The standard InChI is InChI=1S/C59H103NO13Si3/c1-35-28-41-23-26-45-36(2)29-40(65-45)22-20-38(61)21-25-47(71-74(14,15)57(4,5)6)53-55(73-76(18,19)59(10,11)12)54(72-75(16,17)58(7,8)9)52-46(70-53)27-24-42(67-52)30-39(62)31-44-49(33-48(66-41)37(35)3)69-50(51(44)64-13)32-43-34-60-56(63)68-43/h21,25,35,38,40-55,61H,2-3,20,22-24,26-34H2,1,4-19H3,(H,60,63)/b25-21+/t35-,38?,40+,41+,42-,43+,44+,45+,46?,47?,48-,49+,50-,51-,52+,53+,54?,55?/m1/s1. The van der Waals surface area contributed by atoms with Crippen molar-refractivity contribution in [3.63, 3.8) is 0 Å². The number of cyclic esters (lactones) is 1. The van der Waals surface area contributed by atoms with Crippen LogP contribution in [0.1, 0.15) is 146 Å². The summed E-state index contributed by atoms with van der Waals surface area (Å²) in [6.45, 7) is 45.6. The molecule has 8 bridgehead atoms. The summed E-state index contributed by atoms with van der Waals surface area (Å²) in [7, 11) is -5.91. The van der Waals surface area contributed by atoms with E-state index in [1.165, 1.54) is 0 Å². The lowest BCUT2D eigenvalue weighted by molar-refractivity contribution is -0.266. The van der Waals surface area contributed by atoms with Crippen LogP contribution in [-0.4, -0.2) is 153 Å². The Morgan fingerprint density at radius 1 is 0.645 bits per heavy atom. The summed E-state index contributed by atoms with van der Waals surface area (Å²) in [5.74, 6) is 0.00318. The van der Waals surface area contributed by atoms with Crippen LogP contribution in [0, 0.1) is 11.8 Å². The Morgan fingerprint density at radius 3 is 1.83 bits per heavy atom. The second-order valence-electron chi connectivity index (χ2n) is 28.5. The van der Waals surface area contributed by atoms with Crippen molar-refractivity contribution in [3.8, 4) is 0 Å². The number of aliphatic hydroxyl groups is 1. The van der Waals surface area contributed by atoms with Gasteiger partial charge in [-0.25, -0.2) is 4.79 Å². The molecule has 0 aromatic carbocycles. The van der Waals surface area contributed by atoms with Crippen molar-refractivity contribution in [3.05, 3.63) is 36.5 Å². The Kier molecular flexibility index (Phi) is 19.7. The molecule has 0 aromatic heterocycles. The number of hydrogen-bond donors (Lipinski definition) is 2. The predicted molar refractivity (Wildman–Crippen MR) is 305 cm³/mol. The molecule has 17 heteroatoms. The van der Waals surface area contributed by atoms with Crippen LogP contribution >= 0.6 is 0 Å². The zero-order chi connectivity index (χ0) is 56.1. The maximum Gasteiger partial charge on any atom is 0.407 e. The first-order valence-electron chi connectivity index (χ1n) is 29.2. The lowest BCUT2D eigenvalue weighted by atomic mass is 9.81. The van der Waals surface area contributed by atoms with Crippen molar-refractivity contribution in [2.24, 2.45) is 11.8 Å². The van der Waals surface area contributed by atoms with Crippen molar-refractivity contribution in [2.75, 3.05) is 13.7 Å². The average Bonchev–Trinajstić information content (AvgIpc) is 3.98. The van der Waals surface area contributed by atoms with Gasteiger partial charge in [-0.15, -0.1) is 0 Å². The second-order valence-corrected chi connectivity index (χ2v) is 42.8. The fraction of sp³-hybridized carbons (Fsp3) is 0.864. The number of amides is 1. The van der Waals surface area contributed by atoms with Crippen LogP contribution < -0.4 is 5.32 Å². The molecule has 6 saturated heterocycles. The minimum absolute atomic E-state index is 0.0182. The smallest absolute Gasteiger partial charge is 0.407 e. The van der Waals surface area contributed by atoms with Crippen molar-refractivity contribution in [2.45, 2.75) is 298 Å². The number of carbonyl (C=O) groups excluding carboxylic acids is 2. The molecule has 0 saturated carbocycles. The lowest BCUT2D eigenvalue weighted by Crippen LogP contribution is -2.69. The maximum absolute atomic E-state index is 14.9. The maximum atomic E-state index is 14.9. The third-order valence-electron chi connectivity index (χ3n) is 19.7. The summed E-state index contributed by atoms with van der Waals surface area (Å²) in [6, 6.07) is 0. The Labute approximate surface area is 461 Å². The van der Waals surface area contributed by atoms with Gasteiger partial charge in [0.15, 0.2) is 25.0 Å². The predicted octanol–water partition coefficient (Wildman–Crippen LogP) is 11.7. The molecule has 9 aliphatic rings. The number of rotatable bonds is 9. The van der Waals surface area contributed by atoms with Gasteiger partial charge in [0.2, 0.25) is 0 Å². The SMILES string of the molecule is C=C1C[C@@H]2CCC(O)/C=C/C(O[Si](C)(C)C(C)(C)C)[C@@H]3OC4CC[C@H](CC(=O)C[C@@H]5[C@@H](OC)[C@@H](C[C@H]6CNC(=O)O6)O[C@H]5C[C@H]5O[C@@H](CC[C@@H]1O2)C[C@@H](C)C5=C)O[C@@H]4C(O[Si](C)(C)C(C)(C)C)C3O[Si](C)(C)C(C)(C)C. The minimum atomic E-state index is -2.57. The molecule has 1 amide bonds.